The van der Waals surface area contributed by atoms with Gasteiger partial charge in [0.15, 0.2) is 17.1 Å². The summed E-state index contributed by atoms with van der Waals surface area (Å²) in [6.45, 7) is -0.322. The number of hydrogen-bond donors (Lipinski definition) is 1. The zero-order valence-electron chi connectivity index (χ0n) is 23.0. The molecule has 0 saturated carbocycles. The first-order chi connectivity index (χ1) is 21.3. The van der Waals surface area contributed by atoms with Crippen LogP contribution in [-0.4, -0.2) is 33.5 Å². The lowest BCUT2D eigenvalue weighted by atomic mass is 9.60. The number of hydrogen-bond acceptors (Lipinski definition) is 8. The lowest BCUT2D eigenvalue weighted by molar-refractivity contribution is -0.123. The highest BCUT2D eigenvalue weighted by Gasteiger charge is 2.57. The van der Waals surface area contributed by atoms with Crippen molar-refractivity contribution in [2.75, 3.05) is 4.90 Å². The minimum atomic E-state index is -0.712. The van der Waals surface area contributed by atoms with E-state index in [1.54, 1.807) is 36.4 Å². The molecule has 2 aromatic heterocycles. The number of anilines is 1. The number of amides is 2. The molecule has 0 unspecified atom stereocenters. The molecule has 0 bridgehead atoms. The van der Waals surface area contributed by atoms with Crippen LogP contribution < -0.4 is 4.90 Å². The molecule has 1 N–H and O–H groups in total. The number of ketones is 2. The Morgan fingerprint density at radius 1 is 0.932 bits per heavy atom. The maximum absolute atomic E-state index is 14.1. The van der Waals surface area contributed by atoms with Crippen LogP contribution in [0.1, 0.15) is 30.3 Å². The summed E-state index contributed by atoms with van der Waals surface area (Å²) < 4.78 is 11.9. The topological polar surface area (TPSA) is 131 Å². The smallest absolute Gasteiger partial charge is 0.238 e. The normalized spacial score (nSPS) is 24.8. The number of halogens is 1. The van der Waals surface area contributed by atoms with Crippen molar-refractivity contribution < 1.29 is 33.1 Å². The summed E-state index contributed by atoms with van der Waals surface area (Å²) in [5, 5.41) is 9.63. The maximum Gasteiger partial charge on any atom is 0.238 e. The Kier molecular flexibility index (Phi) is 6.08. The van der Waals surface area contributed by atoms with Crippen LogP contribution in [0.3, 0.4) is 0 Å². The first-order valence-electron chi connectivity index (χ1n) is 14.3. The Bertz CT molecular complexity index is 2000. The zero-order valence-corrected chi connectivity index (χ0v) is 24.6. The average molecular weight is 651 g/mol. The van der Waals surface area contributed by atoms with Crippen molar-refractivity contribution in [1.29, 1.82) is 0 Å². The standard InChI is InChI=1S/C34H23BrN2O7/c35-23-14-25(39)29-22(31(23)40)13-21-19(30(29)27-12-9-18(15-38)43-27)10-11-20-28(21)34(42)37(33(20)41)17-7-5-16(6-8-17)32-36-24-3-1-2-4-26(24)44-32/h1-10,12,14,20-21,28,30,38H,11,13,15H2/t20-,21+,28-,30+/m0/s1. The van der Waals surface area contributed by atoms with E-state index in [1.807, 2.05) is 30.3 Å². The van der Waals surface area contributed by atoms with Crippen molar-refractivity contribution in [1.82, 2.24) is 4.98 Å². The lowest BCUT2D eigenvalue weighted by Crippen LogP contribution is -2.39. The van der Waals surface area contributed by atoms with Gasteiger partial charge in [-0.05, 0) is 83.2 Å². The number of aliphatic hydroxyl groups excluding tert-OH is 1. The van der Waals surface area contributed by atoms with E-state index < -0.39 is 23.7 Å². The van der Waals surface area contributed by atoms with E-state index >= 15 is 0 Å². The summed E-state index contributed by atoms with van der Waals surface area (Å²) in [6.07, 6.45) is 3.67. The van der Waals surface area contributed by atoms with E-state index in [4.69, 9.17) is 8.83 Å². The van der Waals surface area contributed by atoms with Crippen molar-refractivity contribution in [3.63, 3.8) is 0 Å². The Hall–Kier alpha value is -4.67. The summed E-state index contributed by atoms with van der Waals surface area (Å²) in [5.41, 5.74) is 3.97. The predicted octanol–water partition coefficient (Wildman–Crippen LogP) is 5.55. The number of fused-ring (bicyclic) bond motifs is 4. The highest BCUT2D eigenvalue weighted by Crippen LogP contribution is 2.55. The molecular weight excluding hydrogens is 628 g/mol. The summed E-state index contributed by atoms with van der Waals surface area (Å²) in [4.78, 5) is 60.4. The van der Waals surface area contributed by atoms with Gasteiger partial charge in [0.05, 0.1) is 27.9 Å². The number of aromatic nitrogens is 1. The molecule has 0 radical (unpaired) electrons. The summed E-state index contributed by atoms with van der Waals surface area (Å²) in [5.74, 6) is -2.60. The molecule has 2 aromatic carbocycles. The van der Waals surface area contributed by atoms with Crippen molar-refractivity contribution in [3.8, 4) is 11.5 Å². The van der Waals surface area contributed by atoms with E-state index in [0.717, 1.165) is 11.1 Å². The van der Waals surface area contributed by atoms with Crippen LogP contribution in [0.25, 0.3) is 22.6 Å². The van der Waals surface area contributed by atoms with Gasteiger partial charge in [0.1, 0.15) is 23.6 Å². The Balaban J connectivity index is 1.15. The molecule has 3 aliphatic carbocycles. The van der Waals surface area contributed by atoms with Gasteiger partial charge in [0.25, 0.3) is 0 Å². The fourth-order valence-corrected chi connectivity index (χ4v) is 7.62. The van der Waals surface area contributed by atoms with Crippen LogP contribution in [0.15, 0.2) is 103 Å². The molecule has 1 fully saturated rings. The molecule has 44 heavy (non-hydrogen) atoms. The second-order valence-electron chi connectivity index (χ2n) is 11.4. The largest absolute Gasteiger partial charge is 0.463 e. The first-order valence-corrected chi connectivity index (χ1v) is 15.1. The number of carbonyl (C=O) groups excluding carboxylic acids is 4. The van der Waals surface area contributed by atoms with Crippen molar-refractivity contribution in [2.24, 2.45) is 17.8 Å². The fraction of sp³-hybridized carbons (Fsp3) is 0.206. The van der Waals surface area contributed by atoms with Gasteiger partial charge in [-0.3, -0.25) is 24.1 Å². The molecule has 1 aliphatic heterocycles. The van der Waals surface area contributed by atoms with Gasteiger partial charge in [0.2, 0.25) is 17.7 Å². The molecule has 8 rings (SSSR count). The van der Waals surface area contributed by atoms with Crippen LogP contribution in [-0.2, 0) is 25.8 Å². The molecule has 9 nitrogen and oxygen atoms in total. The molecule has 0 spiro atoms. The number of Topliss-reactive ketones (excluding diaryl/α,β-unsaturated/α-hetero) is 1. The molecular formula is C34H23BrN2O7. The molecule has 1 saturated heterocycles. The van der Waals surface area contributed by atoms with Crippen LogP contribution in [0, 0.1) is 17.8 Å². The number of oxazole rings is 1. The maximum atomic E-state index is 14.1. The lowest BCUT2D eigenvalue weighted by Gasteiger charge is -2.41. The zero-order chi connectivity index (χ0) is 30.3. The van der Waals surface area contributed by atoms with Crippen LogP contribution >= 0.6 is 15.9 Å². The second kappa shape index (κ2) is 9.93. The third-order valence-electron chi connectivity index (χ3n) is 9.12. The highest BCUT2D eigenvalue weighted by atomic mass is 79.9. The first kappa shape index (κ1) is 26.9. The van der Waals surface area contributed by atoms with E-state index in [1.165, 1.54) is 11.0 Å². The number of nitrogens with zero attached hydrogens (tertiary/aromatic N) is 2. The second-order valence-corrected chi connectivity index (χ2v) is 12.3. The summed E-state index contributed by atoms with van der Waals surface area (Å²) in [6, 6.07) is 17.7. The molecule has 4 aromatic rings. The third-order valence-corrected chi connectivity index (χ3v) is 9.71. The van der Waals surface area contributed by atoms with Crippen LogP contribution in [0.5, 0.6) is 0 Å². The molecule has 10 heteroatoms. The van der Waals surface area contributed by atoms with Gasteiger partial charge >= 0.3 is 0 Å². The average Bonchev–Trinajstić information content (AvgIpc) is 3.75. The predicted molar refractivity (Wildman–Crippen MR) is 161 cm³/mol. The number of allylic oxidation sites excluding steroid dienone is 6. The molecule has 4 aliphatic rings. The quantitative estimate of drug-likeness (QED) is 0.173. The summed E-state index contributed by atoms with van der Waals surface area (Å²) in [7, 11) is 0. The number of aliphatic hydroxyl groups is 1. The van der Waals surface area contributed by atoms with E-state index in [9.17, 15) is 24.3 Å². The van der Waals surface area contributed by atoms with Gasteiger partial charge in [0, 0.05) is 22.8 Å². The van der Waals surface area contributed by atoms with Gasteiger partial charge in [-0.2, -0.15) is 0 Å². The molecule has 2 amide bonds. The fourth-order valence-electron chi connectivity index (χ4n) is 7.17. The third kappa shape index (κ3) is 3.90. The minimum absolute atomic E-state index is 0.156. The van der Waals surface area contributed by atoms with Gasteiger partial charge < -0.3 is 13.9 Å². The van der Waals surface area contributed by atoms with Crippen molar-refractivity contribution in [3.05, 3.63) is 106 Å². The van der Waals surface area contributed by atoms with Crippen molar-refractivity contribution in [2.45, 2.75) is 25.4 Å². The van der Waals surface area contributed by atoms with Gasteiger partial charge in [-0.15, -0.1) is 0 Å². The molecule has 3 heterocycles. The number of furan rings is 1. The number of carbonyl (C=O) groups is 4. The SMILES string of the molecule is O=C1C=C(Br)C(=O)C2=C1[C@@H](c1ccc(CO)o1)C1=CC[C@@H]3C(=O)N(c4ccc(-c5nc6ccccc6o5)cc4)C(=O)[C@@H]3[C@@H]1C2. The highest BCUT2D eigenvalue weighted by molar-refractivity contribution is 9.12. The molecule has 218 valence electrons. The summed E-state index contributed by atoms with van der Waals surface area (Å²) >= 11 is 3.23. The number of rotatable bonds is 4. The van der Waals surface area contributed by atoms with Gasteiger partial charge in [-0.1, -0.05) is 23.8 Å². The Morgan fingerprint density at radius 3 is 2.48 bits per heavy atom. The number of imide groups is 1. The minimum Gasteiger partial charge on any atom is -0.463 e. The van der Waals surface area contributed by atoms with E-state index in [-0.39, 0.29) is 40.9 Å². The number of benzene rings is 2. The van der Waals surface area contributed by atoms with Gasteiger partial charge in [-0.25, -0.2) is 4.98 Å². The number of para-hydroxylation sites is 2. The van der Waals surface area contributed by atoms with E-state index in [2.05, 4.69) is 20.9 Å². The van der Waals surface area contributed by atoms with E-state index in [0.29, 0.717) is 51.8 Å². The molecule has 4 atom stereocenters. The Labute approximate surface area is 258 Å². The monoisotopic (exact) mass is 650 g/mol. The van der Waals surface area contributed by atoms with Crippen LogP contribution in [0.2, 0.25) is 0 Å². The Morgan fingerprint density at radius 2 is 1.73 bits per heavy atom. The van der Waals surface area contributed by atoms with Crippen LogP contribution in [0.4, 0.5) is 5.69 Å². The van der Waals surface area contributed by atoms with Crippen molar-refractivity contribution >= 4 is 56.1 Å².